The van der Waals surface area contributed by atoms with E-state index in [9.17, 15) is 4.79 Å². The van der Waals surface area contributed by atoms with Crippen molar-refractivity contribution in [2.75, 3.05) is 6.54 Å². The number of rotatable bonds is 5. The largest absolute Gasteiger partial charge is 0.370 e. The van der Waals surface area contributed by atoms with Crippen LogP contribution in [0.4, 0.5) is 4.79 Å². The van der Waals surface area contributed by atoms with Gasteiger partial charge in [-0.15, -0.1) is 0 Å². The van der Waals surface area contributed by atoms with Crippen LogP contribution in [-0.4, -0.2) is 18.5 Å². The van der Waals surface area contributed by atoms with Crippen molar-refractivity contribution in [3.63, 3.8) is 0 Å². The fourth-order valence-electron chi connectivity index (χ4n) is 0.620. The summed E-state index contributed by atoms with van der Waals surface area (Å²) >= 11 is 0. The van der Waals surface area contributed by atoms with Crippen LogP contribution in [0.3, 0.4) is 0 Å². The lowest BCUT2D eigenvalue weighted by atomic mass is 10.2. The minimum atomic E-state index is -0.833. The molecule has 0 unspecified atom stereocenters. The van der Waals surface area contributed by atoms with Crippen LogP contribution >= 0.6 is 0 Å². The van der Waals surface area contributed by atoms with Crippen molar-refractivity contribution in [1.82, 2.24) is 0 Å². The maximum atomic E-state index is 10.2. The van der Waals surface area contributed by atoms with Crippen molar-refractivity contribution in [3.05, 3.63) is 0 Å². The molecule has 3 amide bonds. The molecule has 0 aliphatic rings. The second-order valence-electron chi connectivity index (χ2n) is 2.47. The van der Waals surface area contributed by atoms with Gasteiger partial charge in [0, 0.05) is 6.42 Å². The van der Waals surface area contributed by atoms with E-state index < -0.39 is 6.03 Å². The number of unbranched alkanes of at least 4 members (excludes halogenated alkanes) is 2. The number of primary amides is 3. The number of amides is 3. The van der Waals surface area contributed by atoms with Crippen LogP contribution in [0.25, 0.3) is 0 Å². The Morgan fingerprint density at radius 3 is 1.69 bits per heavy atom. The Kier molecular flexibility index (Phi) is 11.7. The quantitative estimate of drug-likeness (QED) is 0.414. The van der Waals surface area contributed by atoms with Crippen LogP contribution in [0.15, 0.2) is 0 Å². The minimum absolute atomic E-state index is 0.216. The van der Waals surface area contributed by atoms with Crippen LogP contribution in [0.1, 0.15) is 25.7 Å². The lowest BCUT2D eigenvalue weighted by molar-refractivity contribution is -0.118. The first-order chi connectivity index (χ1) is 6.00. The molecule has 8 N–H and O–H groups in total. The fourth-order valence-corrected chi connectivity index (χ4v) is 0.620. The molecule has 6 heteroatoms. The Hall–Kier alpha value is -1.30. The molecule has 6 nitrogen and oxygen atoms in total. The van der Waals surface area contributed by atoms with Gasteiger partial charge in [0.2, 0.25) is 5.91 Å². The van der Waals surface area contributed by atoms with Crippen LogP contribution in [0, 0.1) is 0 Å². The minimum Gasteiger partial charge on any atom is -0.370 e. The van der Waals surface area contributed by atoms with E-state index in [4.69, 9.17) is 16.3 Å². The molecular weight excluding hydrogens is 172 g/mol. The Labute approximate surface area is 77.6 Å². The molecule has 0 heterocycles. The highest BCUT2D eigenvalue weighted by Crippen LogP contribution is 1.96. The third-order valence-corrected chi connectivity index (χ3v) is 1.13. The number of nitrogens with two attached hydrogens (primary N) is 4. The van der Waals surface area contributed by atoms with Crippen LogP contribution in [0.2, 0.25) is 0 Å². The number of hydrogen-bond acceptors (Lipinski definition) is 3. The van der Waals surface area contributed by atoms with Gasteiger partial charge in [-0.25, -0.2) is 4.79 Å². The summed E-state index contributed by atoms with van der Waals surface area (Å²) in [5.41, 5.74) is 18.6. The Morgan fingerprint density at radius 2 is 1.38 bits per heavy atom. The van der Waals surface area contributed by atoms with E-state index in [1.54, 1.807) is 0 Å². The monoisotopic (exact) mass is 190 g/mol. The molecule has 0 radical (unpaired) electrons. The Bertz CT molecular complexity index is 145. The lowest BCUT2D eigenvalue weighted by Crippen LogP contribution is -2.18. The second kappa shape index (κ2) is 10.7. The highest BCUT2D eigenvalue weighted by Gasteiger charge is 1.91. The summed E-state index contributed by atoms with van der Waals surface area (Å²) in [5.74, 6) is -0.216. The maximum absolute atomic E-state index is 10.2. The fraction of sp³-hybridized carbons (Fsp3) is 0.714. The van der Waals surface area contributed by atoms with E-state index in [2.05, 4.69) is 11.5 Å². The summed E-state index contributed by atoms with van der Waals surface area (Å²) in [7, 11) is 0. The molecule has 0 aromatic rings. The molecule has 0 aromatic heterocycles. The van der Waals surface area contributed by atoms with Crippen molar-refractivity contribution >= 4 is 11.9 Å². The Balaban J connectivity index is 0. The SMILES string of the molecule is NC(N)=O.NCCCCCC(N)=O. The molecule has 0 rings (SSSR count). The predicted molar refractivity (Wildman–Crippen MR) is 50.5 cm³/mol. The van der Waals surface area contributed by atoms with Crippen molar-refractivity contribution in [2.24, 2.45) is 22.9 Å². The molecular formula is C7H18N4O2. The molecule has 0 bridgehead atoms. The molecule has 0 aliphatic heterocycles. The van der Waals surface area contributed by atoms with Crippen molar-refractivity contribution in [3.8, 4) is 0 Å². The average Bonchev–Trinajstić information content (AvgIpc) is 1.97. The first-order valence-corrected chi connectivity index (χ1v) is 4.04. The van der Waals surface area contributed by atoms with Gasteiger partial charge < -0.3 is 22.9 Å². The summed E-state index contributed by atoms with van der Waals surface area (Å²) in [4.78, 5) is 19.2. The standard InChI is InChI=1S/C6H14N2O.CH4N2O/c7-5-3-1-2-4-6(8)9;2-1(3)4/h1-5,7H2,(H2,8,9);(H4,2,3,4). The molecule has 0 saturated heterocycles. The molecule has 0 aromatic carbocycles. The van der Waals surface area contributed by atoms with Crippen molar-refractivity contribution in [2.45, 2.75) is 25.7 Å². The lowest BCUT2D eigenvalue weighted by Gasteiger charge is -1.93. The van der Waals surface area contributed by atoms with Gasteiger partial charge in [0.25, 0.3) is 0 Å². The Morgan fingerprint density at radius 1 is 0.923 bits per heavy atom. The molecule has 0 aliphatic carbocycles. The number of carbonyl (C=O) groups excluding carboxylic acids is 2. The normalized spacial score (nSPS) is 8.38. The van der Waals surface area contributed by atoms with E-state index >= 15 is 0 Å². The summed E-state index contributed by atoms with van der Waals surface area (Å²) in [6.07, 6.45) is 3.39. The van der Waals surface area contributed by atoms with E-state index in [0.29, 0.717) is 13.0 Å². The molecule has 13 heavy (non-hydrogen) atoms. The van der Waals surface area contributed by atoms with E-state index in [-0.39, 0.29) is 5.91 Å². The van der Waals surface area contributed by atoms with Crippen LogP contribution in [0.5, 0.6) is 0 Å². The van der Waals surface area contributed by atoms with Gasteiger partial charge in [0.15, 0.2) is 0 Å². The molecule has 0 spiro atoms. The third kappa shape index (κ3) is 36.7. The highest BCUT2D eigenvalue weighted by atomic mass is 16.2. The molecule has 0 fully saturated rings. The van der Waals surface area contributed by atoms with Gasteiger partial charge in [-0.2, -0.15) is 0 Å². The highest BCUT2D eigenvalue weighted by molar-refractivity contribution is 5.73. The van der Waals surface area contributed by atoms with E-state index in [1.807, 2.05) is 0 Å². The smallest absolute Gasteiger partial charge is 0.309 e. The molecule has 0 saturated carbocycles. The molecule has 78 valence electrons. The second-order valence-corrected chi connectivity index (χ2v) is 2.47. The zero-order chi connectivity index (χ0) is 10.7. The average molecular weight is 190 g/mol. The van der Waals surface area contributed by atoms with Crippen LogP contribution < -0.4 is 22.9 Å². The first-order valence-electron chi connectivity index (χ1n) is 4.04. The summed E-state index contributed by atoms with van der Waals surface area (Å²) < 4.78 is 0. The zero-order valence-corrected chi connectivity index (χ0v) is 7.66. The number of urea groups is 1. The topological polar surface area (TPSA) is 138 Å². The zero-order valence-electron chi connectivity index (χ0n) is 7.66. The van der Waals surface area contributed by atoms with E-state index in [0.717, 1.165) is 19.3 Å². The summed E-state index contributed by atoms with van der Waals surface area (Å²) in [5, 5.41) is 0. The first kappa shape index (κ1) is 14.2. The number of carbonyl (C=O) groups is 2. The van der Waals surface area contributed by atoms with Gasteiger partial charge in [-0.1, -0.05) is 6.42 Å². The predicted octanol–water partition coefficient (Wildman–Crippen LogP) is -0.985. The summed E-state index contributed by atoms with van der Waals surface area (Å²) in [6.45, 7) is 0.707. The maximum Gasteiger partial charge on any atom is 0.309 e. The van der Waals surface area contributed by atoms with Gasteiger partial charge in [-0.05, 0) is 19.4 Å². The molecule has 0 atom stereocenters. The van der Waals surface area contributed by atoms with Crippen LogP contribution in [-0.2, 0) is 4.79 Å². The van der Waals surface area contributed by atoms with E-state index in [1.165, 1.54) is 0 Å². The van der Waals surface area contributed by atoms with Crippen molar-refractivity contribution in [1.29, 1.82) is 0 Å². The third-order valence-electron chi connectivity index (χ3n) is 1.13. The van der Waals surface area contributed by atoms with Gasteiger partial charge in [-0.3, -0.25) is 4.79 Å². The van der Waals surface area contributed by atoms with Gasteiger partial charge in [0.05, 0.1) is 0 Å². The van der Waals surface area contributed by atoms with Gasteiger partial charge in [0.1, 0.15) is 0 Å². The van der Waals surface area contributed by atoms with Gasteiger partial charge >= 0.3 is 6.03 Å². The number of hydrogen-bond donors (Lipinski definition) is 4. The summed E-state index contributed by atoms with van der Waals surface area (Å²) in [6, 6.07) is -0.833. The van der Waals surface area contributed by atoms with Crippen molar-refractivity contribution < 1.29 is 9.59 Å².